The Hall–Kier alpha value is -0.120. The van der Waals surface area contributed by atoms with E-state index in [1.807, 2.05) is 0 Å². The van der Waals surface area contributed by atoms with Crippen molar-refractivity contribution in [1.29, 1.82) is 0 Å². The zero-order valence-corrected chi connectivity index (χ0v) is 21.6. The van der Waals surface area contributed by atoms with Crippen LogP contribution in [-0.2, 0) is 0 Å². The minimum atomic E-state index is 0.201. The molecule has 0 aromatic carbocycles. The van der Waals surface area contributed by atoms with Gasteiger partial charge in [0.05, 0.1) is 13.2 Å². The van der Waals surface area contributed by atoms with Crippen LogP contribution in [0.4, 0.5) is 0 Å². The summed E-state index contributed by atoms with van der Waals surface area (Å²) in [6, 6.07) is 0.236. The van der Waals surface area contributed by atoms with Gasteiger partial charge in [-0.05, 0) is 19.4 Å². The smallest absolute Gasteiger partial charge is 0.0586 e. The Morgan fingerprint density at radius 1 is 0.484 bits per heavy atom. The van der Waals surface area contributed by atoms with Crippen LogP contribution in [0, 0.1) is 0 Å². The highest BCUT2D eigenvalue weighted by molar-refractivity contribution is 4.71. The number of aliphatic hydroxyl groups excluding tert-OH is 2. The Labute approximate surface area is 196 Å². The lowest BCUT2D eigenvalue weighted by Crippen LogP contribution is -2.40. The summed E-state index contributed by atoms with van der Waals surface area (Å²) in [5.41, 5.74) is 0. The van der Waals surface area contributed by atoms with E-state index in [1.165, 1.54) is 128 Å². The van der Waals surface area contributed by atoms with E-state index in [0.717, 1.165) is 13.0 Å². The standard InChI is InChI=1S/C28H59NO2/c1-3-5-7-9-11-13-15-17-19-21-23-28(27-31)29(25-26-30)24-22-20-18-16-14-12-10-8-6-4-2/h28,30-31H,3-27H2,1-2H3. The third kappa shape index (κ3) is 21.5. The molecule has 0 saturated carbocycles. The van der Waals surface area contributed by atoms with Crippen LogP contribution in [0.25, 0.3) is 0 Å². The maximum Gasteiger partial charge on any atom is 0.0586 e. The number of rotatable bonds is 26. The summed E-state index contributed by atoms with van der Waals surface area (Å²) < 4.78 is 0. The molecule has 0 aromatic heterocycles. The highest BCUT2D eigenvalue weighted by atomic mass is 16.3. The molecule has 3 heteroatoms. The van der Waals surface area contributed by atoms with Crippen LogP contribution >= 0.6 is 0 Å². The zero-order valence-electron chi connectivity index (χ0n) is 21.6. The van der Waals surface area contributed by atoms with Gasteiger partial charge in [0.1, 0.15) is 0 Å². The van der Waals surface area contributed by atoms with E-state index in [9.17, 15) is 10.2 Å². The van der Waals surface area contributed by atoms with Gasteiger partial charge in [0, 0.05) is 12.6 Å². The molecule has 1 unspecified atom stereocenters. The van der Waals surface area contributed by atoms with E-state index < -0.39 is 0 Å². The molecule has 0 aliphatic heterocycles. The van der Waals surface area contributed by atoms with Gasteiger partial charge in [0.2, 0.25) is 0 Å². The molecule has 0 amide bonds. The van der Waals surface area contributed by atoms with E-state index in [0.29, 0.717) is 6.54 Å². The molecular formula is C28H59NO2. The van der Waals surface area contributed by atoms with Gasteiger partial charge in [-0.25, -0.2) is 0 Å². The van der Waals surface area contributed by atoms with Crippen LogP contribution < -0.4 is 0 Å². The van der Waals surface area contributed by atoms with Crippen molar-refractivity contribution >= 4 is 0 Å². The van der Waals surface area contributed by atoms with Gasteiger partial charge < -0.3 is 10.2 Å². The van der Waals surface area contributed by atoms with Crippen molar-refractivity contribution in [1.82, 2.24) is 4.90 Å². The predicted octanol–water partition coefficient (Wildman–Crippen LogP) is 7.87. The SMILES string of the molecule is CCCCCCCCCCCCC(CO)N(CCO)CCCCCCCCCCCC. The molecule has 188 valence electrons. The Bertz CT molecular complexity index is 324. The molecule has 1 atom stereocenters. The molecule has 0 aromatic rings. The maximum atomic E-state index is 9.90. The molecule has 0 saturated heterocycles. The molecule has 3 nitrogen and oxygen atoms in total. The maximum absolute atomic E-state index is 9.90. The summed E-state index contributed by atoms with van der Waals surface area (Å²) in [6.07, 6.45) is 28.2. The molecule has 0 rings (SSSR count). The topological polar surface area (TPSA) is 43.7 Å². The van der Waals surface area contributed by atoms with Crippen LogP contribution in [0.15, 0.2) is 0 Å². The predicted molar refractivity (Wildman–Crippen MR) is 138 cm³/mol. The first-order chi connectivity index (χ1) is 15.3. The number of nitrogens with zero attached hydrogens (tertiary/aromatic N) is 1. The fraction of sp³-hybridized carbons (Fsp3) is 1.00. The first kappa shape index (κ1) is 30.9. The van der Waals surface area contributed by atoms with Crippen molar-refractivity contribution in [3.8, 4) is 0 Å². The molecular weight excluding hydrogens is 382 g/mol. The average molecular weight is 442 g/mol. The summed E-state index contributed by atoms with van der Waals surface area (Å²) in [4.78, 5) is 2.35. The average Bonchev–Trinajstić information content (AvgIpc) is 2.78. The second kappa shape index (κ2) is 26.1. The fourth-order valence-corrected chi connectivity index (χ4v) is 4.66. The minimum absolute atomic E-state index is 0.201. The highest BCUT2D eigenvalue weighted by Gasteiger charge is 2.16. The summed E-state index contributed by atoms with van der Waals surface area (Å²) >= 11 is 0. The first-order valence-corrected chi connectivity index (χ1v) is 14.3. The van der Waals surface area contributed by atoms with Gasteiger partial charge in [-0.15, -0.1) is 0 Å². The molecule has 0 radical (unpaired) electrons. The van der Waals surface area contributed by atoms with Crippen molar-refractivity contribution in [3.63, 3.8) is 0 Å². The monoisotopic (exact) mass is 441 g/mol. The Balaban J connectivity index is 3.75. The first-order valence-electron chi connectivity index (χ1n) is 14.3. The van der Waals surface area contributed by atoms with Gasteiger partial charge in [-0.1, -0.05) is 136 Å². The van der Waals surface area contributed by atoms with Crippen LogP contribution in [0.5, 0.6) is 0 Å². The summed E-state index contributed by atoms with van der Waals surface area (Å²) in [6.45, 7) is 6.72. The Morgan fingerprint density at radius 2 is 0.871 bits per heavy atom. The number of aliphatic hydroxyl groups is 2. The minimum Gasteiger partial charge on any atom is -0.395 e. The lowest BCUT2D eigenvalue weighted by Gasteiger charge is -2.30. The highest BCUT2D eigenvalue weighted by Crippen LogP contribution is 2.16. The quantitative estimate of drug-likeness (QED) is 0.134. The van der Waals surface area contributed by atoms with Gasteiger partial charge in [-0.3, -0.25) is 4.90 Å². The lowest BCUT2D eigenvalue weighted by atomic mass is 10.0. The largest absolute Gasteiger partial charge is 0.395 e. The number of hydrogen-bond donors (Lipinski definition) is 2. The Kier molecular flexibility index (Phi) is 26.0. The Morgan fingerprint density at radius 3 is 1.26 bits per heavy atom. The van der Waals surface area contributed by atoms with Crippen LogP contribution in [0.2, 0.25) is 0 Å². The number of unbranched alkanes of at least 4 members (excludes halogenated alkanes) is 18. The summed E-state index contributed by atoms with van der Waals surface area (Å²) in [5.74, 6) is 0. The van der Waals surface area contributed by atoms with Crippen molar-refractivity contribution in [2.24, 2.45) is 0 Å². The van der Waals surface area contributed by atoms with Crippen LogP contribution in [0.3, 0.4) is 0 Å². The van der Waals surface area contributed by atoms with Gasteiger partial charge in [-0.2, -0.15) is 0 Å². The molecule has 0 bridgehead atoms. The van der Waals surface area contributed by atoms with Crippen molar-refractivity contribution < 1.29 is 10.2 Å². The van der Waals surface area contributed by atoms with Crippen molar-refractivity contribution in [2.75, 3.05) is 26.3 Å². The van der Waals surface area contributed by atoms with Crippen LogP contribution in [-0.4, -0.2) is 47.5 Å². The van der Waals surface area contributed by atoms with E-state index in [1.54, 1.807) is 0 Å². The van der Waals surface area contributed by atoms with E-state index in [2.05, 4.69) is 18.7 Å². The molecule has 2 N–H and O–H groups in total. The van der Waals surface area contributed by atoms with E-state index in [-0.39, 0.29) is 19.3 Å². The summed E-state index contributed by atoms with van der Waals surface area (Å²) in [7, 11) is 0. The third-order valence-electron chi connectivity index (χ3n) is 6.80. The molecule has 31 heavy (non-hydrogen) atoms. The lowest BCUT2D eigenvalue weighted by molar-refractivity contribution is 0.0926. The van der Waals surface area contributed by atoms with E-state index in [4.69, 9.17) is 0 Å². The zero-order chi connectivity index (χ0) is 22.8. The molecule has 0 heterocycles. The van der Waals surface area contributed by atoms with Gasteiger partial charge >= 0.3 is 0 Å². The molecule has 0 fully saturated rings. The van der Waals surface area contributed by atoms with Crippen LogP contribution in [0.1, 0.15) is 149 Å². The van der Waals surface area contributed by atoms with E-state index >= 15 is 0 Å². The van der Waals surface area contributed by atoms with Gasteiger partial charge in [0.25, 0.3) is 0 Å². The molecule has 0 aliphatic carbocycles. The second-order valence-electron chi connectivity index (χ2n) is 9.75. The second-order valence-corrected chi connectivity index (χ2v) is 9.75. The van der Waals surface area contributed by atoms with Crippen molar-refractivity contribution in [2.45, 2.75) is 155 Å². The summed E-state index contributed by atoms with van der Waals surface area (Å²) in [5, 5.41) is 19.4. The normalized spacial score (nSPS) is 12.7. The van der Waals surface area contributed by atoms with Crippen molar-refractivity contribution in [3.05, 3.63) is 0 Å². The molecule has 0 spiro atoms. The molecule has 0 aliphatic rings. The van der Waals surface area contributed by atoms with Gasteiger partial charge in [0.15, 0.2) is 0 Å². The third-order valence-corrected chi connectivity index (χ3v) is 6.80. The number of hydrogen-bond acceptors (Lipinski definition) is 3. The fourth-order valence-electron chi connectivity index (χ4n) is 4.66.